The van der Waals surface area contributed by atoms with Crippen LogP contribution in [0.2, 0.25) is 0 Å². The molecule has 2 aromatic heterocycles. The number of ether oxygens (including phenoxy) is 1. The summed E-state index contributed by atoms with van der Waals surface area (Å²) in [5.74, 6) is 0.526. The number of hydrogen-bond donors (Lipinski definition) is 2. The van der Waals surface area contributed by atoms with E-state index in [-0.39, 0.29) is 11.5 Å². The average molecular weight is 341 g/mol. The van der Waals surface area contributed by atoms with Crippen LogP contribution in [0.3, 0.4) is 0 Å². The number of aromatic amines is 1. The molecule has 122 valence electrons. The van der Waals surface area contributed by atoms with E-state index in [0.717, 1.165) is 16.2 Å². The molecule has 0 aliphatic rings. The smallest absolute Gasteiger partial charge is 0.259 e. The third kappa shape index (κ3) is 3.69. The molecule has 0 radical (unpaired) electrons. The molecule has 1 amide bonds. The Hall–Kier alpha value is -2.93. The fourth-order valence-electron chi connectivity index (χ4n) is 2.15. The number of fused-ring (bicyclic) bond motifs is 1. The highest BCUT2D eigenvalue weighted by Crippen LogP contribution is 2.20. The van der Waals surface area contributed by atoms with Gasteiger partial charge in [-0.15, -0.1) is 11.3 Å². The quantitative estimate of drug-likeness (QED) is 0.698. The Labute approximate surface area is 141 Å². The molecular weight excluding hydrogens is 326 g/mol. The van der Waals surface area contributed by atoms with Crippen molar-refractivity contribution in [3.8, 4) is 5.75 Å². The lowest BCUT2D eigenvalue weighted by Gasteiger charge is -2.01. The fraction of sp³-hybridized carbons (Fsp3) is 0.118. The van der Waals surface area contributed by atoms with Crippen molar-refractivity contribution in [2.75, 3.05) is 7.11 Å². The number of carbonyl (C=O) groups excluding carboxylic acids is 1. The molecule has 0 atom stereocenters. The minimum atomic E-state index is -0.211. The maximum atomic E-state index is 11.9. The molecule has 3 aromatic rings. The van der Waals surface area contributed by atoms with E-state index in [1.54, 1.807) is 19.3 Å². The van der Waals surface area contributed by atoms with Gasteiger partial charge in [-0.2, -0.15) is 0 Å². The lowest BCUT2D eigenvalue weighted by molar-refractivity contribution is -0.116. The number of rotatable bonds is 5. The molecule has 1 aromatic carbocycles. The Balaban J connectivity index is 1.63. The number of benzene rings is 1. The van der Waals surface area contributed by atoms with Crippen molar-refractivity contribution < 1.29 is 9.53 Å². The predicted molar refractivity (Wildman–Crippen MR) is 94.1 cm³/mol. The van der Waals surface area contributed by atoms with Gasteiger partial charge in [0.05, 0.1) is 25.4 Å². The van der Waals surface area contributed by atoms with Gasteiger partial charge in [0.1, 0.15) is 10.6 Å². The van der Waals surface area contributed by atoms with Gasteiger partial charge in [-0.3, -0.25) is 9.59 Å². The first-order valence-corrected chi connectivity index (χ1v) is 8.03. The second kappa shape index (κ2) is 7.10. The zero-order valence-corrected chi connectivity index (χ0v) is 13.7. The van der Waals surface area contributed by atoms with Crippen LogP contribution in [0.15, 0.2) is 47.5 Å². The molecule has 0 fully saturated rings. The van der Waals surface area contributed by atoms with Gasteiger partial charge in [-0.25, -0.2) is 4.98 Å². The van der Waals surface area contributed by atoms with E-state index in [9.17, 15) is 9.59 Å². The van der Waals surface area contributed by atoms with Crippen molar-refractivity contribution in [1.82, 2.24) is 15.3 Å². The number of nitrogens with one attached hydrogen (secondary N) is 2. The number of H-pyrrole nitrogens is 1. The van der Waals surface area contributed by atoms with Crippen LogP contribution in [0.4, 0.5) is 0 Å². The first-order valence-electron chi connectivity index (χ1n) is 7.22. The van der Waals surface area contributed by atoms with Crippen LogP contribution in [-0.4, -0.2) is 23.0 Å². The summed E-state index contributed by atoms with van der Waals surface area (Å²) >= 11 is 1.39. The second-order valence-electron chi connectivity index (χ2n) is 4.99. The predicted octanol–water partition coefficient (Wildman–Crippen LogP) is 2.32. The highest BCUT2D eigenvalue weighted by molar-refractivity contribution is 7.18. The molecule has 0 saturated heterocycles. The summed E-state index contributed by atoms with van der Waals surface area (Å²) in [5.41, 5.74) is 0.703. The molecule has 0 aliphatic heterocycles. The van der Waals surface area contributed by atoms with Crippen LogP contribution in [-0.2, 0) is 11.3 Å². The van der Waals surface area contributed by atoms with Crippen LogP contribution in [0.1, 0.15) is 10.4 Å². The van der Waals surface area contributed by atoms with E-state index >= 15 is 0 Å². The summed E-state index contributed by atoms with van der Waals surface area (Å²) in [6.07, 6.45) is 4.56. The summed E-state index contributed by atoms with van der Waals surface area (Å²) in [4.78, 5) is 31.7. The molecule has 2 N–H and O–H groups in total. The Bertz CT molecular complexity index is 959. The van der Waals surface area contributed by atoms with Crippen LogP contribution >= 0.6 is 11.3 Å². The van der Waals surface area contributed by atoms with Crippen molar-refractivity contribution in [2.45, 2.75) is 6.54 Å². The molecule has 0 spiro atoms. The zero-order chi connectivity index (χ0) is 16.9. The van der Waals surface area contributed by atoms with Gasteiger partial charge in [-0.05, 0) is 29.8 Å². The van der Waals surface area contributed by atoms with Crippen molar-refractivity contribution in [3.63, 3.8) is 0 Å². The first-order chi connectivity index (χ1) is 11.7. The van der Waals surface area contributed by atoms with Crippen LogP contribution in [0.5, 0.6) is 5.75 Å². The van der Waals surface area contributed by atoms with Gasteiger partial charge in [0, 0.05) is 11.0 Å². The van der Waals surface area contributed by atoms with Crippen molar-refractivity contribution in [2.24, 2.45) is 0 Å². The van der Waals surface area contributed by atoms with E-state index in [1.807, 2.05) is 24.3 Å². The van der Waals surface area contributed by atoms with E-state index in [0.29, 0.717) is 16.8 Å². The standard InChI is InChI=1S/C17H15N3O3S/c1-23-12-4-2-3-11(7-12)5-6-15(21)18-9-13-8-14-16(22)19-10-20-17(14)24-13/h2-8,10H,9H2,1H3,(H,18,21)(H,19,20,22)/b6-5+. The van der Waals surface area contributed by atoms with Crippen molar-refractivity contribution in [1.29, 1.82) is 0 Å². The number of aromatic nitrogens is 2. The third-order valence-corrected chi connectivity index (χ3v) is 4.39. The van der Waals surface area contributed by atoms with Gasteiger partial charge in [-0.1, -0.05) is 12.1 Å². The number of thiophene rings is 1. The molecule has 0 saturated carbocycles. The molecule has 0 bridgehead atoms. The molecule has 24 heavy (non-hydrogen) atoms. The average Bonchev–Trinajstić information content (AvgIpc) is 3.03. The fourth-order valence-corrected chi connectivity index (χ4v) is 3.09. The zero-order valence-electron chi connectivity index (χ0n) is 12.9. The number of amides is 1. The maximum absolute atomic E-state index is 11.9. The minimum Gasteiger partial charge on any atom is -0.497 e. The highest BCUT2D eigenvalue weighted by Gasteiger charge is 2.06. The maximum Gasteiger partial charge on any atom is 0.259 e. The minimum absolute atomic E-state index is 0.174. The van der Waals surface area contributed by atoms with E-state index in [1.165, 1.54) is 23.7 Å². The van der Waals surface area contributed by atoms with E-state index in [4.69, 9.17) is 4.74 Å². The van der Waals surface area contributed by atoms with Gasteiger partial charge < -0.3 is 15.0 Å². The highest BCUT2D eigenvalue weighted by atomic mass is 32.1. The lowest BCUT2D eigenvalue weighted by Crippen LogP contribution is -2.19. The Morgan fingerprint density at radius 2 is 2.29 bits per heavy atom. The summed E-state index contributed by atoms with van der Waals surface area (Å²) in [6, 6.07) is 9.18. The molecule has 2 heterocycles. The van der Waals surface area contributed by atoms with Gasteiger partial charge >= 0.3 is 0 Å². The van der Waals surface area contributed by atoms with Gasteiger partial charge in [0.2, 0.25) is 5.91 Å². The Kier molecular flexibility index (Phi) is 4.72. The summed E-state index contributed by atoms with van der Waals surface area (Å²) in [5, 5.41) is 3.33. The van der Waals surface area contributed by atoms with Crippen molar-refractivity contribution in [3.05, 3.63) is 63.5 Å². The summed E-state index contributed by atoms with van der Waals surface area (Å²) in [6.45, 7) is 0.349. The number of carbonyl (C=O) groups is 1. The van der Waals surface area contributed by atoms with Crippen LogP contribution in [0, 0.1) is 0 Å². The van der Waals surface area contributed by atoms with Crippen LogP contribution < -0.4 is 15.6 Å². The molecule has 6 nitrogen and oxygen atoms in total. The SMILES string of the molecule is COc1cccc(/C=C/C(=O)NCc2cc3c(=O)[nH]cnc3s2)c1. The third-order valence-electron chi connectivity index (χ3n) is 3.34. The number of methoxy groups -OCH3 is 1. The lowest BCUT2D eigenvalue weighted by atomic mass is 10.2. The molecule has 0 unspecified atom stereocenters. The molecule has 0 aliphatic carbocycles. The second-order valence-corrected chi connectivity index (χ2v) is 6.11. The monoisotopic (exact) mass is 341 g/mol. The van der Waals surface area contributed by atoms with E-state index < -0.39 is 0 Å². The molecular formula is C17H15N3O3S. The number of hydrogen-bond acceptors (Lipinski definition) is 5. The number of nitrogens with zero attached hydrogens (tertiary/aromatic N) is 1. The summed E-state index contributed by atoms with van der Waals surface area (Å²) in [7, 11) is 1.60. The normalized spacial score (nSPS) is 11.0. The Morgan fingerprint density at radius 3 is 3.08 bits per heavy atom. The van der Waals surface area contributed by atoms with E-state index in [2.05, 4.69) is 15.3 Å². The summed E-state index contributed by atoms with van der Waals surface area (Å²) < 4.78 is 5.14. The van der Waals surface area contributed by atoms with Crippen molar-refractivity contribution >= 4 is 33.5 Å². The largest absolute Gasteiger partial charge is 0.497 e. The topological polar surface area (TPSA) is 84.1 Å². The van der Waals surface area contributed by atoms with Gasteiger partial charge in [0.15, 0.2) is 0 Å². The first kappa shape index (κ1) is 15.9. The molecule has 7 heteroatoms. The van der Waals surface area contributed by atoms with Gasteiger partial charge in [0.25, 0.3) is 5.56 Å². The Morgan fingerprint density at radius 1 is 1.42 bits per heavy atom. The van der Waals surface area contributed by atoms with Crippen LogP contribution in [0.25, 0.3) is 16.3 Å². The molecule has 3 rings (SSSR count).